The van der Waals surface area contributed by atoms with E-state index < -0.39 is 6.10 Å². The minimum Gasteiger partial charge on any atom is -0.488 e. The molecule has 5 rings (SSSR count). The van der Waals surface area contributed by atoms with E-state index in [1.54, 1.807) is 4.90 Å². The third-order valence-corrected chi connectivity index (χ3v) is 7.33. The minimum atomic E-state index is -0.971. The molecule has 0 bridgehead atoms. The van der Waals surface area contributed by atoms with Crippen molar-refractivity contribution in [2.24, 2.45) is 0 Å². The summed E-state index contributed by atoms with van der Waals surface area (Å²) in [5.41, 5.74) is 10.9. The Kier molecular flexibility index (Phi) is 8.26. The topological polar surface area (TPSA) is 126 Å². The molecule has 2 saturated heterocycles. The van der Waals surface area contributed by atoms with Crippen molar-refractivity contribution in [2.75, 3.05) is 38.6 Å². The van der Waals surface area contributed by atoms with E-state index in [1.165, 1.54) is 6.92 Å². The number of amides is 1. The van der Waals surface area contributed by atoms with Crippen LogP contribution in [0, 0.1) is 0 Å². The number of nitrogens with one attached hydrogen (secondary N) is 2. The maximum absolute atomic E-state index is 12.0. The highest BCUT2D eigenvalue weighted by molar-refractivity contribution is 5.95. The third-order valence-electron chi connectivity index (χ3n) is 7.33. The fraction of sp³-hybridized carbons (Fsp3) is 0.448. The highest BCUT2D eigenvalue weighted by Crippen LogP contribution is 2.34. The number of H-pyrrole nitrogens is 1. The second kappa shape index (κ2) is 12.0. The van der Waals surface area contributed by atoms with E-state index in [0.29, 0.717) is 43.4 Å². The van der Waals surface area contributed by atoms with Gasteiger partial charge in [-0.05, 0) is 49.1 Å². The van der Waals surface area contributed by atoms with Gasteiger partial charge in [0, 0.05) is 75.1 Å². The molecule has 0 aliphatic carbocycles. The van der Waals surface area contributed by atoms with Gasteiger partial charge in [0.1, 0.15) is 23.6 Å². The van der Waals surface area contributed by atoms with Gasteiger partial charge in [0.15, 0.2) is 0 Å². The Hall–Kier alpha value is -3.40. The lowest BCUT2D eigenvalue weighted by atomic mass is 10.0. The van der Waals surface area contributed by atoms with Crippen LogP contribution in [0.2, 0.25) is 0 Å². The van der Waals surface area contributed by atoms with Crippen LogP contribution in [-0.4, -0.2) is 77.0 Å². The number of hydrogen-bond donors (Lipinski definition) is 4. The predicted molar refractivity (Wildman–Crippen MR) is 149 cm³/mol. The molecule has 5 N–H and O–H groups in total. The largest absolute Gasteiger partial charge is 0.488 e. The van der Waals surface area contributed by atoms with E-state index in [1.807, 2.05) is 30.6 Å². The lowest BCUT2D eigenvalue weighted by molar-refractivity contribution is -0.141. The number of aromatic amines is 1. The molecule has 202 valence electrons. The molecule has 9 heteroatoms. The van der Waals surface area contributed by atoms with Gasteiger partial charge in [-0.2, -0.15) is 0 Å². The van der Waals surface area contributed by atoms with Crippen molar-refractivity contribution in [2.45, 2.75) is 50.9 Å². The number of rotatable bonds is 8. The van der Waals surface area contributed by atoms with Crippen LogP contribution in [0.3, 0.4) is 0 Å². The molecule has 1 aromatic carbocycles. The number of nitrogens with two attached hydrogens (primary N) is 1. The molecule has 1 amide bonds. The highest BCUT2D eigenvalue weighted by Gasteiger charge is 2.26. The number of fused-ring (bicyclic) bond motifs is 1. The van der Waals surface area contributed by atoms with Gasteiger partial charge in [-0.3, -0.25) is 4.79 Å². The number of nitrogen functional groups attached to an aromatic ring is 1. The van der Waals surface area contributed by atoms with E-state index in [4.69, 9.17) is 15.2 Å². The van der Waals surface area contributed by atoms with Crippen molar-refractivity contribution in [1.29, 1.82) is 0 Å². The molecule has 9 nitrogen and oxygen atoms in total. The fourth-order valence-electron chi connectivity index (χ4n) is 5.14. The molecule has 2 aliphatic heterocycles. The molecular weight excluding hydrogens is 482 g/mol. The Morgan fingerprint density at radius 1 is 1.29 bits per heavy atom. The predicted octanol–water partition coefficient (Wildman–Crippen LogP) is 3.34. The smallest absolute Gasteiger partial charge is 0.251 e. The second-order valence-electron chi connectivity index (χ2n) is 10.1. The zero-order valence-electron chi connectivity index (χ0n) is 21.9. The monoisotopic (exact) mass is 519 g/mol. The number of benzene rings is 1. The summed E-state index contributed by atoms with van der Waals surface area (Å²) in [4.78, 5) is 21.6. The van der Waals surface area contributed by atoms with Crippen molar-refractivity contribution < 1.29 is 19.4 Å². The number of carbonyl (C=O) groups excluding carboxylic acids is 1. The summed E-state index contributed by atoms with van der Waals surface area (Å²) in [5.74, 6) is 0.415. The number of aliphatic hydroxyl groups excluding tert-OH is 1. The highest BCUT2D eigenvalue weighted by atomic mass is 16.5. The lowest BCUT2D eigenvalue weighted by Crippen LogP contribution is -2.45. The van der Waals surface area contributed by atoms with Crippen LogP contribution in [0.15, 0.2) is 42.7 Å². The van der Waals surface area contributed by atoms with Crippen molar-refractivity contribution in [3.8, 4) is 16.9 Å². The van der Waals surface area contributed by atoms with Crippen LogP contribution < -0.4 is 15.8 Å². The standard InChI is InChI=1S/C29H37N5O4/c1-19(35)29(36)34-11-6-23(7-12-34)38-27-5-4-21(16-26(27)30)25-18-33-28-24(25)15-20(17-32-28)3-2-10-31-22-8-13-37-14-9-22/h2-5,15-19,22-23,31,35H,6-14,30H2,1H3,(H,32,33)/b3-2+/t19-/m0/s1. The van der Waals surface area contributed by atoms with E-state index in [0.717, 1.165) is 60.3 Å². The van der Waals surface area contributed by atoms with Crippen LogP contribution in [0.25, 0.3) is 28.2 Å². The number of ether oxygens (including phenoxy) is 2. The number of likely N-dealkylation sites (tertiary alicyclic amines) is 1. The summed E-state index contributed by atoms with van der Waals surface area (Å²) in [6.45, 7) is 5.12. The van der Waals surface area contributed by atoms with Gasteiger partial charge >= 0.3 is 0 Å². The summed E-state index contributed by atoms with van der Waals surface area (Å²) in [5, 5.41) is 14.1. The molecule has 0 unspecified atom stereocenters. The molecule has 38 heavy (non-hydrogen) atoms. The Morgan fingerprint density at radius 3 is 2.82 bits per heavy atom. The van der Waals surface area contributed by atoms with Crippen molar-refractivity contribution >= 4 is 28.7 Å². The van der Waals surface area contributed by atoms with Gasteiger partial charge in [0.2, 0.25) is 0 Å². The third kappa shape index (κ3) is 6.18. The van der Waals surface area contributed by atoms with Crippen LogP contribution in [0.5, 0.6) is 5.75 Å². The molecule has 2 aliphatic rings. The lowest BCUT2D eigenvalue weighted by Gasteiger charge is -2.33. The number of aliphatic hydroxyl groups is 1. The van der Waals surface area contributed by atoms with Gasteiger partial charge in [-0.25, -0.2) is 4.98 Å². The molecule has 4 heterocycles. The summed E-state index contributed by atoms with van der Waals surface area (Å²) in [6.07, 6.45) is 10.6. The molecule has 1 atom stereocenters. The molecule has 2 fully saturated rings. The quantitative estimate of drug-likeness (QED) is 0.336. The number of piperidine rings is 1. The van der Waals surface area contributed by atoms with E-state index in [2.05, 4.69) is 33.5 Å². The van der Waals surface area contributed by atoms with Crippen LogP contribution in [0.1, 0.15) is 38.2 Å². The summed E-state index contributed by atoms with van der Waals surface area (Å²) < 4.78 is 11.6. The molecule has 3 aromatic rings. The van der Waals surface area contributed by atoms with Crippen molar-refractivity contribution in [1.82, 2.24) is 20.2 Å². The second-order valence-corrected chi connectivity index (χ2v) is 10.1. The SMILES string of the molecule is C[C@H](O)C(=O)N1CCC(Oc2ccc(-c3c[nH]c4ncc(/C=C/CNC5CCOCC5)cc34)cc2N)CC1. The Morgan fingerprint density at radius 2 is 2.08 bits per heavy atom. The first-order chi connectivity index (χ1) is 18.5. The molecule has 0 saturated carbocycles. The molecule has 2 aromatic heterocycles. The molecule has 0 radical (unpaired) electrons. The van der Waals surface area contributed by atoms with Gasteiger partial charge in [0.05, 0.1) is 5.69 Å². The van der Waals surface area contributed by atoms with Gasteiger partial charge in [-0.1, -0.05) is 18.2 Å². The number of carbonyl (C=O) groups is 1. The number of anilines is 1. The summed E-state index contributed by atoms with van der Waals surface area (Å²) in [6, 6.07) is 8.53. The average Bonchev–Trinajstić information content (AvgIpc) is 3.36. The van der Waals surface area contributed by atoms with Crippen LogP contribution in [0.4, 0.5) is 5.69 Å². The van der Waals surface area contributed by atoms with Gasteiger partial charge in [0.25, 0.3) is 5.91 Å². The molecule has 0 spiro atoms. The van der Waals surface area contributed by atoms with Gasteiger partial charge in [-0.15, -0.1) is 0 Å². The number of aromatic nitrogens is 2. The maximum Gasteiger partial charge on any atom is 0.251 e. The van der Waals surface area contributed by atoms with Crippen LogP contribution >= 0.6 is 0 Å². The van der Waals surface area contributed by atoms with Crippen molar-refractivity contribution in [3.63, 3.8) is 0 Å². The van der Waals surface area contributed by atoms with E-state index >= 15 is 0 Å². The minimum absolute atomic E-state index is 0.0197. The number of hydrogen-bond acceptors (Lipinski definition) is 7. The first kappa shape index (κ1) is 26.2. The summed E-state index contributed by atoms with van der Waals surface area (Å²) in [7, 11) is 0. The zero-order valence-corrected chi connectivity index (χ0v) is 21.9. The Labute approximate surface area is 223 Å². The zero-order chi connectivity index (χ0) is 26.5. The van der Waals surface area contributed by atoms with Crippen LogP contribution in [-0.2, 0) is 9.53 Å². The molecular formula is C29H37N5O4. The van der Waals surface area contributed by atoms with E-state index in [9.17, 15) is 9.90 Å². The first-order valence-corrected chi connectivity index (χ1v) is 13.5. The number of nitrogens with zero attached hydrogens (tertiary/aromatic N) is 2. The first-order valence-electron chi connectivity index (χ1n) is 13.5. The maximum atomic E-state index is 12.0. The normalized spacial score (nSPS) is 18.3. The van der Waals surface area contributed by atoms with E-state index in [-0.39, 0.29) is 12.0 Å². The Balaban J connectivity index is 1.23. The van der Waals surface area contributed by atoms with Gasteiger partial charge < -0.3 is 35.5 Å². The van der Waals surface area contributed by atoms with Crippen molar-refractivity contribution in [3.05, 3.63) is 48.3 Å². The fourth-order valence-corrected chi connectivity index (χ4v) is 5.14. The Bertz CT molecular complexity index is 1270. The average molecular weight is 520 g/mol. The number of pyridine rings is 1. The summed E-state index contributed by atoms with van der Waals surface area (Å²) >= 11 is 0.